The van der Waals surface area contributed by atoms with E-state index >= 15 is 4.39 Å². The van der Waals surface area contributed by atoms with E-state index in [9.17, 15) is 23.7 Å². The smallest absolute Gasteiger partial charge is 0.462 e. The van der Waals surface area contributed by atoms with Crippen molar-refractivity contribution in [3.8, 4) is 11.5 Å². The predicted molar refractivity (Wildman–Crippen MR) is 214 cm³/mol. The molecule has 58 heavy (non-hydrogen) atoms. The molecule has 0 aliphatic carbocycles. The van der Waals surface area contributed by atoms with Gasteiger partial charge in [-0.15, -0.1) is 0 Å². The highest BCUT2D eigenvalue weighted by Crippen LogP contribution is 2.52. The Hall–Kier alpha value is -4.00. The molecule has 13 nitrogen and oxygen atoms in total. The summed E-state index contributed by atoms with van der Waals surface area (Å²) >= 11 is 0. The fourth-order valence-corrected chi connectivity index (χ4v) is 7.88. The van der Waals surface area contributed by atoms with Crippen molar-refractivity contribution in [1.82, 2.24) is 0 Å². The molecule has 1 saturated heterocycles. The first-order valence-corrected chi connectivity index (χ1v) is 22.1. The number of para-hydroxylation sites is 2. The summed E-state index contributed by atoms with van der Waals surface area (Å²) in [7, 11) is -4.82. The number of ether oxygens (including phenoxy) is 5. The lowest BCUT2D eigenvalue weighted by atomic mass is 9.95. The zero-order valence-electron chi connectivity index (χ0n) is 34.4. The van der Waals surface area contributed by atoms with Crippen LogP contribution in [0.25, 0.3) is 0 Å². The Labute approximate surface area is 342 Å². The number of esters is 4. The SMILES string of the molecule is CCCCCCCCCCCCCCCCCC(=O)OC[C@H](F)[C@H]1O[C@@H](OP(=O)(Oc2ccccc2)Oc2ccccc2)[C@@H](OC(C)=O)[C@@H](OC(C)=O)[C@@H]1OC(C)=O. The standard InChI is InChI=1S/C43H62FO13P/c1-5-6-7-8-9-10-11-12-13-14-15-16-17-18-25-30-38(48)50-31-37(44)39-40(51-32(2)45)41(52-33(3)46)42(53-34(4)47)43(54-39)57-58(49,55-35-26-21-19-22-27-35)56-36-28-23-20-24-29-36/h19-24,26-29,37,39-43H,5-18,25,30-31H2,1-4H3/t37-,39+,40+,41-,42-,43-/m0/s1. The number of halogens is 1. The molecule has 2 aromatic carbocycles. The first kappa shape index (κ1) is 48.4. The summed E-state index contributed by atoms with van der Waals surface area (Å²) in [5, 5.41) is 0. The highest BCUT2D eigenvalue weighted by Gasteiger charge is 2.57. The third-order valence-corrected chi connectivity index (χ3v) is 10.7. The van der Waals surface area contributed by atoms with Crippen molar-refractivity contribution in [2.24, 2.45) is 0 Å². The molecule has 1 aliphatic heterocycles. The molecule has 324 valence electrons. The second-order valence-electron chi connectivity index (χ2n) is 14.5. The van der Waals surface area contributed by atoms with Gasteiger partial charge in [0.15, 0.2) is 24.5 Å². The van der Waals surface area contributed by atoms with Gasteiger partial charge < -0.3 is 32.7 Å². The lowest BCUT2D eigenvalue weighted by Gasteiger charge is -2.45. The van der Waals surface area contributed by atoms with Crippen LogP contribution in [0.2, 0.25) is 0 Å². The van der Waals surface area contributed by atoms with Crippen molar-refractivity contribution in [3.63, 3.8) is 0 Å². The zero-order valence-corrected chi connectivity index (χ0v) is 35.3. The second kappa shape index (κ2) is 26.9. The Morgan fingerprint density at radius 2 is 1.03 bits per heavy atom. The average molecular weight is 837 g/mol. The van der Waals surface area contributed by atoms with Crippen molar-refractivity contribution in [2.75, 3.05) is 6.61 Å². The maximum atomic E-state index is 16.2. The molecule has 0 amide bonds. The van der Waals surface area contributed by atoms with Gasteiger partial charge in [-0.25, -0.2) is 13.5 Å². The van der Waals surface area contributed by atoms with Crippen molar-refractivity contribution in [3.05, 3.63) is 60.7 Å². The molecule has 1 fully saturated rings. The lowest BCUT2D eigenvalue weighted by Crippen LogP contribution is -2.64. The van der Waals surface area contributed by atoms with Crippen LogP contribution in [0, 0.1) is 0 Å². The van der Waals surface area contributed by atoms with E-state index in [4.69, 9.17) is 37.3 Å². The van der Waals surface area contributed by atoms with Crippen LogP contribution in [0.4, 0.5) is 4.39 Å². The second-order valence-corrected chi connectivity index (χ2v) is 15.9. The quantitative estimate of drug-likeness (QED) is 0.0345. The average Bonchev–Trinajstić information content (AvgIpc) is 3.17. The van der Waals surface area contributed by atoms with Crippen LogP contribution in [0.1, 0.15) is 130 Å². The van der Waals surface area contributed by atoms with Crippen molar-refractivity contribution >= 4 is 31.7 Å². The molecule has 0 N–H and O–H groups in total. The van der Waals surface area contributed by atoms with E-state index in [0.29, 0.717) is 6.42 Å². The van der Waals surface area contributed by atoms with Crippen LogP contribution in [-0.4, -0.2) is 67.4 Å². The molecule has 0 spiro atoms. The van der Waals surface area contributed by atoms with Gasteiger partial charge in [0.2, 0.25) is 6.29 Å². The van der Waals surface area contributed by atoms with E-state index < -0.39 is 75.2 Å². The van der Waals surface area contributed by atoms with Crippen LogP contribution in [0.5, 0.6) is 11.5 Å². The molecule has 0 unspecified atom stereocenters. The number of benzene rings is 2. The molecule has 1 heterocycles. The third-order valence-electron chi connectivity index (χ3n) is 9.34. The lowest BCUT2D eigenvalue weighted by molar-refractivity contribution is -0.296. The normalized spacial score (nSPS) is 19.7. The zero-order chi connectivity index (χ0) is 42.2. The molecule has 0 radical (unpaired) electrons. The van der Waals surface area contributed by atoms with Crippen LogP contribution < -0.4 is 9.05 Å². The van der Waals surface area contributed by atoms with Gasteiger partial charge in [-0.3, -0.25) is 19.2 Å². The van der Waals surface area contributed by atoms with Crippen molar-refractivity contribution in [2.45, 2.75) is 167 Å². The largest absolute Gasteiger partial charge is 0.590 e. The van der Waals surface area contributed by atoms with Gasteiger partial charge in [0.1, 0.15) is 24.2 Å². The maximum Gasteiger partial charge on any atom is 0.590 e. The van der Waals surface area contributed by atoms with Crippen LogP contribution in [0.15, 0.2) is 60.7 Å². The Balaban J connectivity index is 1.64. The highest BCUT2D eigenvalue weighted by molar-refractivity contribution is 7.49. The Morgan fingerprint density at radius 3 is 1.48 bits per heavy atom. The number of rotatable bonds is 28. The van der Waals surface area contributed by atoms with Gasteiger partial charge in [-0.1, -0.05) is 133 Å². The first-order chi connectivity index (χ1) is 27.9. The summed E-state index contributed by atoms with van der Waals surface area (Å²) in [6.45, 7) is 4.50. The van der Waals surface area contributed by atoms with Gasteiger partial charge in [-0.05, 0) is 30.7 Å². The minimum Gasteiger partial charge on any atom is -0.462 e. The summed E-state index contributed by atoms with van der Waals surface area (Å²) in [5.74, 6) is -3.30. The van der Waals surface area contributed by atoms with Gasteiger partial charge in [0.05, 0.1) is 0 Å². The molecular formula is C43H62FO13P. The van der Waals surface area contributed by atoms with E-state index in [0.717, 1.165) is 46.5 Å². The molecule has 15 heteroatoms. The Bertz CT molecular complexity index is 1500. The van der Waals surface area contributed by atoms with E-state index in [1.165, 1.54) is 88.5 Å². The van der Waals surface area contributed by atoms with E-state index in [2.05, 4.69) is 6.92 Å². The fraction of sp³-hybridized carbons (Fsp3) is 0.628. The fourth-order valence-electron chi connectivity index (χ4n) is 6.57. The van der Waals surface area contributed by atoms with Crippen molar-refractivity contribution < 1.29 is 65.4 Å². The van der Waals surface area contributed by atoms with Gasteiger partial charge in [0.25, 0.3) is 0 Å². The minimum absolute atomic E-state index is 0.0526. The van der Waals surface area contributed by atoms with E-state index in [-0.39, 0.29) is 17.9 Å². The third kappa shape index (κ3) is 18.7. The van der Waals surface area contributed by atoms with Crippen LogP contribution >= 0.6 is 7.82 Å². The Kier molecular flexibility index (Phi) is 22.4. The van der Waals surface area contributed by atoms with Gasteiger partial charge >= 0.3 is 31.7 Å². The summed E-state index contributed by atoms with van der Waals surface area (Å²) in [6.07, 6.45) is 6.32. The molecule has 1 aliphatic rings. The first-order valence-electron chi connectivity index (χ1n) is 20.6. The number of carbonyl (C=O) groups is 4. The number of hydrogen-bond acceptors (Lipinski definition) is 13. The number of phosphoric acid groups is 1. The molecule has 0 aromatic heterocycles. The topological polar surface area (TPSA) is 159 Å². The molecule has 6 atom stereocenters. The van der Waals surface area contributed by atoms with Crippen molar-refractivity contribution in [1.29, 1.82) is 0 Å². The van der Waals surface area contributed by atoms with Crippen LogP contribution in [0.3, 0.4) is 0 Å². The summed E-state index contributed by atoms with van der Waals surface area (Å²) in [5.41, 5.74) is 0. The number of carbonyl (C=O) groups excluding carboxylic acids is 4. The minimum atomic E-state index is -4.82. The number of unbranched alkanes of at least 4 members (excludes halogenated alkanes) is 14. The maximum absolute atomic E-state index is 16.2. The number of hydrogen-bond donors (Lipinski definition) is 0. The monoisotopic (exact) mass is 836 g/mol. The van der Waals surface area contributed by atoms with E-state index in [1.54, 1.807) is 36.4 Å². The molecule has 3 rings (SSSR count). The van der Waals surface area contributed by atoms with E-state index in [1.807, 2.05) is 0 Å². The number of alkyl halides is 1. The summed E-state index contributed by atoms with van der Waals surface area (Å²) < 4.78 is 75.2. The number of phosphoric ester groups is 1. The molecular weight excluding hydrogens is 774 g/mol. The highest BCUT2D eigenvalue weighted by atomic mass is 31.2. The summed E-state index contributed by atoms with van der Waals surface area (Å²) in [6, 6.07) is 15.7. The summed E-state index contributed by atoms with van der Waals surface area (Å²) in [4.78, 5) is 49.7. The van der Waals surface area contributed by atoms with Gasteiger partial charge in [0, 0.05) is 27.2 Å². The molecule has 0 bridgehead atoms. The Morgan fingerprint density at radius 1 is 0.621 bits per heavy atom. The van der Waals surface area contributed by atoms with Crippen LogP contribution in [-0.2, 0) is 52.0 Å². The predicted octanol–water partition coefficient (Wildman–Crippen LogP) is 9.93. The van der Waals surface area contributed by atoms with Gasteiger partial charge in [-0.2, -0.15) is 0 Å². The molecule has 0 saturated carbocycles. The molecule has 2 aromatic rings.